The van der Waals surface area contributed by atoms with Gasteiger partial charge in [-0.2, -0.15) is 0 Å². The predicted molar refractivity (Wildman–Crippen MR) is 254 cm³/mol. The molecule has 3 nitrogen and oxygen atoms in total. The maximum absolute atomic E-state index is 5.50. The quantitative estimate of drug-likeness (QED) is 0.154. The fraction of sp³-hybridized carbons (Fsp3) is 0. The summed E-state index contributed by atoms with van der Waals surface area (Å²) < 4.78 is 2.28. The van der Waals surface area contributed by atoms with Crippen LogP contribution in [0.3, 0.4) is 0 Å². The Morgan fingerprint density at radius 1 is 0.279 bits per heavy atom. The predicted octanol–water partition coefficient (Wildman–Crippen LogP) is 15.2. The first-order chi connectivity index (χ1) is 30.2. The third-order valence-electron chi connectivity index (χ3n) is 11.6. The molecule has 2 heterocycles. The number of nitrogens with zero attached hydrogens (tertiary/aromatic N) is 3. The van der Waals surface area contributed by atoms with Crippen LogP contribution < -0.4 is 0 Å². The molecule has 0 amide bonds. The summed E-state index contributed by atoms with van der Waals surface area (Å²) in [6.07, 6.45) is 0. The summed E-state index contributed by atoms with van der Waals surface area (Å²) in [6.45, 7) is 0. The third-order valence-corrected chi connectivity index (χ3v) is 11.6. The number of hydrogen-bond acceptors (Lipinski definition) is 2. The van der Waals surface area contributed by atoms with Gasteiger partial charge in [0, 0.05) is 22.2 Å². The fourth-order valence-electron chi connectivity index (χ4n) is 8.56. The lowest BCUT2D eigenvalue weighted by molar-refractivity contribution is 1.11. The van der Waals surface area contributed by atoms with Crippen molar-refractivity contribution in [2.24, 2.45) is 0 Å². The van der Waals surface area contributed by atoms with Gasteiger partial charge in [0.2, 0.25) is 0 Å². The van der Waals surface area contributed by atoms with Crippen LogP contribution in [0.2, 0.25) is 0 Å². The first-order valence-electron chi connectivity index (χ1n) is 20.7. The Morgan fingerprint density at radius 2 is 0.656 bits per heavy atom. The van der Waals surface area contributed by atoms with Gasteiger partial charge in [-0.05, 0) is 92.0 Å². The van der Waals surface area contributed by atoms with Crippen molar-refractivity contribution in [3.63, 3.8) is 0 Å². The van der Waals surface area contributed by atoms with Gasteiger partial charge < -0.3 is 0 Å². The first-order valence-corrected chi connectivity index (χ1v) is 20.7. The Morgan fingerprint density at radius 3 is 1.21 bits per heavy atom. The lowest BCUT2D eigenvalue weighted by Crippen LogP contribution is -1.99. The summed E-state index contributed by atoms with van der Waals surface area (Å²) in [4.78, 5) is 10.9. The summed E-state index contributed by atoms with van der Waals surface area (Å²) >= 11 is 0. The van der Waals surface area contributed by atoms with Crippen LogP contribution in [0.4, 0.5) is 0 Å². The molecule has 0 aliphatic heterocycles. The van der Waals surface area contributed by atoms with Crippen molar-refractivity contribution in [3.05, 3.63) is 237 Å². The Bertz CT molecular complexity index is 3310. The molecule has 0 atom stereocenters. The highest BCUT2D eigenvalue weighted by Gasteiger charge is 2.21. The minimum absolute atomic E-state index is 0.676. The van der Waals surface area contributed by atoms with Crippen molar-refractivity contribution in [2.45, 2.75) is 0 Å². The average Bonchev–Trinajstić information content (AvgIpc) is 3.69. The second-order valence-electron chi connectivity index (χ2n) is 15.4. The molecule has 2 aromatic heterocycles. The average molecular weight is 778 g/mol. The number of benzene rings is 9. The topological polar surface area (TPSA) is 30.7 Å². The van der Waals surface area contributed by atoms with E-state index in [0.717, 1.165) is 66.7 Å². The minimum atomic E-state index is 0.676. The lowest BCUT2D eigenvalue weighted by atomic mass is 9.96. The lowest BCUT2D eigenvalue weighted by Gasteiger charge is -2.12. The zero-order chi connectivity index (χ0) is 40.5. The Balaban J connectivity index is 1.04. The van der Waals surface area contributed by atoms with E-state index in [0.29, 0.717) is 5.82 Å². The van der Waals surface area contributed by atoms with Crippen molar-refractivity contribution in [2.75, 3.05) is 0 Å². The van der Waals surface area contributed by atoms with Gasteiger partial charge in [-0.15, -0.1) is 0 Å². The minimum Gasteiger partial charge on any atom is -0.294 e. The number of hydrogen-bond donors (Lipinski definition) is 0. The highest BCUT2D eigenvalue weighted by Crippen LogP contribution is 2.40. The number of para-hydroxylation sites is 2. The maximum atomic E-state index is 5.50. The van der Waals surface area contributed by atoms with Gasteiger partial charge in [-0.3, -0.25) is 4.57 Å². The van der Waals surface area contributed by atoms with Crippen molar-refractivity contribution in [3.8, 4) is 84.0 Å². The largest absolute Gasteiger partial charge is 0.294 e. The maximum Gasteiger partial charge on any atom is 0.162 e. The molecule has 286 valence electrons. The van der Waals surface area contributed by atoms with Gasteiger partial charge in [0.15, 0.2) is 5.82 Å². The van der Waals surface area contributed by atoms with Crippen LogP contribution in [-0.2, 0) is 0 Å². The van der Waals surface area contributed by atoms with E-state index in [1.54, 1.807) is 0 Å². The van der Waals surface area contributed by atoms with Gasteiger partial charge in [0.25, 0.3) is 0 Å². The molecule has 0 bridgehead atoms. The zero-order valence-corrected chi connectivity index (χ0v) is 33.4. The van der Waals surface area contributed by atoms with Crippen LogP contribution in [0.15, 0.2) is 237 Å². The van der Waals surface area contributed by atoms with Gasteiger partial charge in [0.05, 0.1) is 16.6 Å². The molecule has 9 aromatic carbocycles. The van der Waals surface area contributed by atoms with Crippen LogP contribution in [0.25, 0.3) is 106 Å². The molecule has 0 N–H and O–H groups in total. The van der Waals surface area contributed by atoms with Crippen LogP contribution in [0, 0.1) is 0 Å². The summed E-state index contributed by atoms with van der Waals surface area (Å²) in [5, 5.41) is 2.14. The van der Waals surface area contributed by atoms with E-state index in [2.05, 4.69) is 241 Å². The van der Waals surface area contributed by atoms with Gasteiger partial charge >= 0.3 is 0 Å². The van der Waals surface area contributed by atoms with Crippen molar-refractivity contribution in [1.29, 1.82) is 0 Å². The Labute approximate surface area is 355 Å². The Kier molecular flexibility index (Phi) is 9.18. The van der Waals surface area contributed by atoms with Crippen molar-refractivity contribution < 1.29 is 0 Å². The van der Waals surface area contributed by atoms with Gasteiger partial charge in [-0.1, -0.05) is 200 Å². The van der Waals surface area contributed by atoms with E-state index in [4.69, 9.17) is 9.97 Å². The summed E-state index contributed by atoms with van der Waals surface area (Å²) in [5.41, 5.74) is 17.6. The summed E-state index contributed by atoms with van der Waals surface area (Å²) in [6, 6.07) is 84.0. The third kappa shape index (κ3) is 6.88. The molecule has 0 aliphatic carbocycles. The van der Waals surface area contributed by atoms with E-state index in [9.17, 15) is 0 Å². The molecule has 0 fully saturated rings. The molecule has 61 heavy (non-hydrogen) atoms. The second kappa shape index (κ2) is 15.6. The molecular formula is C58H39N3. The molecule has 11 rings (SSSR count). The summed E-state index contributed by atoms with van der Waals surface area (Å²) in [5.74, 6) is 0.676. The molecule has 0 saturated carbocycles. The zero-order valence-electron chi connectivity index (χ0n) is 33.4. The molecule has 11 aromatic rings. The SMILES string of the molecule is c1ccc(-c2ccc(-c3cccc(-c4cccc(-c5nc(-c6cccc(-c7ccc(-c8ccccc8)cc7)c6)c6c7ccccc7n(-c7ccccc7)c6n5)c4)c3)cc2)cc1. The fourth-order valence-corrected chi connectivity index (χ4v) is 8.56. The van der Waals surface area contributed by atoms with E-state index >= 15 is 0 Å². The molecule has 0 radical (unpaired) electrons. The Hall–Kier alpha value is -8.14. The van der Waals surface area contributed by atoms with E-state index in [1.165, 1.54) is 33.4 Å². The van der Waals surface area contributed by atoms with Crippen molar-refractivity contribution in [1.82, 2.24) is 14.5 Å². The molecule has 0 unspecified atom stereocenters. The van der Waals surface area contributed by atoms with E-state index in [1.807, 2.05) is 0 Å². The van der Waals surface area contributed by atoms with Gasteiger partial charge in [-0.25, -0.2) is 9.97 Å². The number of aromatic nitrogens is 3. The monoisotopic (exact) mass is 777 g/mol. The number of fused-ring (bicyclic) bond motifs is 3. The van der Waals surface area contributed by atoms with Gasteiger partial charge in [0.1, 0.15) is 5.65 Å². The molecule has 0 saturated heterocycles. The van der Waals surface area contributed by atoms with E-state index in [-0.39, 0.29) is 0 Å². The normalized spacial score (nSPS) is 11.3. The number of rotatable bonds is 8. The standard InChI is InChI=1S/C58H39N3/c1-4-15-40(16-5-1)42-29-33-44(34-30-42)46-19-12-21-48(37-46)49-22-14-24-51(39-49)57-59-56(55-53-27-10-11-28-54(53)61(58(55)60-57)52-25-8-3-9-26-52)50-23-13-20-47(38-50)45-35-31-43(32-36-45)41-17-6-2-7-18-41/h1-39H. The van der Waals surface area contributed by atoms with Crippen LogP contribution >= 0.6 is 0 Å². The highest BCUT2D eigenvalue weighted by molar-refractivity contribution is 6.14. The molecular weight excluding hydrogens is 739 g/mol. The highest BCUT2D eigenvalue weighted by atomic mass is 15.1. The van der Waals surface area contributed by atoms with Crippen LogP contribution in [-0.4, -0.2) is 14.5 Å². The van der Waals surface area contributed by atoms with Crippen molar-refractivity contribution >= 4 is 21.9 Å². The molecule has 0 aliphatic rings. The first kappa shape index (κ1) is 36.0. The second-order valence-corrected chi connectivity index (χ2v) is 15.4. The van der Waals surface area contributed by atoms with Crippen LogP contribution in [0.1, 0.15) is 0 Å². The molecule has 0 spiro atoms. The van der Waals surface area contributed by atoms with E-state index < -0.39 is 0 Å². The van der Waals surface area contributed by atoms with Crippen LogP contribution in [0.5, 0.6) is 0 Å². The smallest absolute Gasteiger partial charge is 0.162 e. The summed E-state index contributed by atoms with van der Waals surface area (Å²) in [7, 11) is 0. The molecule has 3 heteroatoms.